The van der Waals surface area contributed by atoms with Crippen molar-refractivity contribution in [2.24, 2.45) is 0 Å². The number of rotatable bonds is 7. The highest BCUT2D eigenvalue weighted by molar-refractivity contribution is 7.98. The van der Waals surface area contributed by atoms with E-state index >= 15 is 0 Å². The first-order valence-corrected chi connectivity index (χ1v) is 13.1. The van der Waals surface area contributed by atoms with Crippen LogP contribution in [-0.4, -0.2) is 43.6 Å². The monoisotopic (exact) mass is 514 g/mol. The maximum absolute atomic E-state index is 13.3. The molecule has 4 rings (SSSR count). The molecule has 0 unspecified atom stereocenters. The molecule has 1 heterocycles. The molecule has 178 valence electrons. The lowest BCUT2D eigenvalue weighted by Crippen LogP contribution is -2.49. The zero-order valence-electron chi connectivity index (χ0n) is 19.4. The van der Waals surface area contributed by atoms with Gasteiger partial charge in [0.25, 0.3) is 5.91 Å². The summed E-state index contributed by atoms with van der Waals surface area (Å²) in [4.78, 5) is 18.7. The Bertz CT molecular complexity index is 1150. The van der Waals surface area contributed by atoms with Crippen molar-refractivity contribution in [2.45, 2.75) is 24.5 Å². The Morgan fingerprint density at radius 2 is 1.65 bits per heavy atom. The van der Waals surface area contributed by atoms with E-state index in [1.165, 1.54) is 5.56 Å². The maximum Gasteiger partial charge on any atom is 0.253 e. The Kier molecular flexibility index (Phi) is 8.30. The first kappa shape index (κ1) is 24.8. The van der Waals surface area contributed by atoms with Gasteiger partial charge in [0.05, 0.1) is 6.61 Å². The van der Waals surface area contributed by atoms with E-state index in [1.54, 1.807) is 11.8 Å². The summed E-state index contributed by atoms with van der Waals surface area (Å²) in [6.07, 6.45) is 0. The molecule has 3 aromatic rings. The van der Waals surface area contributed by atoms with Crippen molar-refractivity contribution >= 4 is 46.6 Å². The van der Waals surface area contributed by atoms with Crippen LogP contribution in [0.5, 0.6) is 5.75 Å². The number of aryl methyl sites for hydroxylation is 1. The van der Waals surface area contributed by atoms with Crippen LogP contribution in [0.15, 0.2) is 65.6 Å². The zero-order chi connectivity index (χ0) is 24.1. The van der Waals surface area contributed by atoms with Crippen LogP contribution in [0, 0.1) is 6.92 Å². The molecule has 1 amide bonds. The summed E-state index contributed by atoms with van der Waals surface area (Å²) in [5.41, 5.74) is 4.05. The van der Waals surface area contributed by atoms with Crippen molar-refractivity contribution < 1.29 is 9.53 Å². The van der Waals surface area contributed by atoms with Gasteiger partial charge >= 0.3 is 0 Å². The summed E-state index contributed by atoms with van der Waals surface area (Å²) in [6.45, 7) is 7.55. The lowest BCUT2D eigenvalue weighted by molar-refractivity contribution is 0.0746. The Hall–Kier alpha value is -2.34. The Labute approximate surface area is 215 Å². The van der Waals surface area contributed by atoms with E-state index in [2.05, 4.69) is 11.8 Å². The normalized spacial score (nSPS) is 13.8. The van der Waals surface area contributed by atoms with Gasteiger partial charge in [-0.05, 0) is 74.0 Å². The average molecular weight is 516 g/mol. The van der Waals surface area contributed by atoms with Gasteiger partial charge in [-0.2, -0.15) is 0 Å². The quantitative estimate of drug-likeness (QED) is 0.319. The molecule has 1 fully saturated rings. The van der Waals surface area contributed by atoms with Gasteiger partial charge < -0.3 is 14.5 Å². The third-order valence-corrected chi connectivity index (χ3v) is 7.44. The van der Waals surface area contributed by atoms with Crippen molar-refractivity contribution in [2.75, 3.05) is 37.7 Å². The van der Waals surface area contributed by atoms with Gasteiger partial charge in [-0.1, -0.05) is 29.3 Å². The predicted molar refractivity (Wildman–Crippen MR) is 143 cm³/mol. The van der Waals surface area contributed by atoms with Crippen LogP contribution in [0.3, 0.4) is 0 Å². The second-order valence-electron chi connectivity index (χ2n) is 8.21. The number of carbonyl (C=O) groups excluding carboxylic acids is 1. The van der Waals surface area contributed by atoms with Gasteiger partial charge in [0, 0.05) is 63.7 Å². The summed E-state index contributed by atoms with van der Waals surface area (Å²) < 4.78 is 5.83. The molecule has 3 aromatic carbocycles. The van der Waals surface area contributed by atoms with E-state index in [0.717, 1.165) is 45.0 Å². The number of nitrogens with zero attached hydrogens (tertiary/aromatic N) is 2. The molecule has 1 aliphatic heterocycles. The Balaban J connectivity index is 1.44. The lowest BCUT2D eigenvalue weighted by atomic mass is 10.1. The number of hydrogen-bond donors (Lipinski definition) is 0. The number of hydrogen-bond acceptors (Lipinski definition) is 4. The van der Waals surface area contributed by atoms with Crippen LogP contribution < -0.4 is 9.64 Å². The van der Waals surface area contributed by atoms with E-state index in [-0.39, 0.29) is 5.91 Å². The van der Waals surface area contributed by atoms with Gasteiger partial charge in [-0.25, -0.2) is 0 Å². The van der Waals surface area contributed by atoms with E-state index in [9.17, 15) is 4.79 Å². The van der Waals surface area contributed by atoms with E-state index < -0.39 is 0 Å². The first-order valence-electron chi connectivity index (χ1n) is 11.4. The molecule has 0 atom stereocenters. The number of ether oxygens (including phenoxy) is 1. The largest absolute Gasteiger partial charge is 0.494 e. The number of amides is 1. The van der Waals surface area contributed by atoms with Crippen molar-refractivity contribution in [1.82, 2.24) is 4.90 Å². The fourth-order valence-electron chi connectivity index (χ4n) is 4.07. The number of anilines is 1. The summed E-state index contributed by atoms with van der Waals surface area (Å²) >= 11 is 13.9. The van der Waals surface area contributed by atoms with Crippen molar-refractivity contribution in [3.8, 4) is 5.75 Å². The third-order valence-electron chi connectivity index (χ3n) is 5.89. The highest BCUT2D eigenvalue weighted by atomic mass is 35.5. The van der Waals surface area contributed by atoms with Crippen molar-refractivity contribution in [3.05, 3.63) is 87.4 Å². The fraction of sp³-hybridized carbons (Fsp3) is 0.296. The zero-order valence-corrected chi connectivity index (χ0v) is 21.7. The van der Waals surface area contributed by atoms with Crippen LogP contribution in [0.25, 0.3) is 0 Å². The number of piperazine rings is 1. The van der Waals surface area contributed by atoms with E-state index in [1.807, 2.05) is 72.5 Å². The van der Waals surface area contributed by atoms with Crippen LogP contribution >= 0.6 is 35.0 Å². The molecule has 1 saturated heterocycles. The van der Waals surface area contributed by atoms with Crippen LogP contribution in [0.4, 0.5) is 5.69 Å². The number of benzene rings is 3. The third kappa shape index (κ3) is 6.01. The standard InChI is InChI=1S/C27H28Cl2N2O2S/c1-3-33-26-11-5-20(16-21(26)18-34-24-9-7-22(28)8-10-24)27(32)31-14-12-30(13-15-31)25-17-23(29)6-4-19(25)2/h4-11,16-17H,3,12-15,18H2,1-2H3. The van der Waals surface area contributed by atoms with E-state index in [0.29, 0.717) is 31.0 Å². The minimum absolute atomic E-state index is 0.0586. The van der Waals surface area contributed by atoms with E-state index in [4.69, 9.17) is 27.9 Å². The summed E-state index contributed by atoms with van der Waals surface area (Å²) in [5.74, 6) is 1.59. The molecular weight excluding hydrogens is 487 g/mol. The average Bonchev–Trinajstić information content (AvgIpc) is 2.86. The van der Waals surface area contributed by atoms with Crippen LogP contribution in [-0.2, 0) is 5.75 Å². The molecule has 0 radical (unpaired) electrons. The first-order chi connectivity index (χ1) is 16.4. The molecule has 7 heteroatoms. The Morgan fingerprint density at radius 1 is 0.941 bits per heavy atom. The SMILES string of the molecule is CCOc1ccc(C(=O)N2CCN(c3cc(Cl)ccc3C)CC2)cc1CSc1ccc(Cl)cc1. The molecule has 0 saturated carbocycles. The molecule has 4 nitrogen and oxygen atoms in total. The minimum Gasteiger partial charge on any atom is -0.494 e. The predicted octanol–water partition coefficient (Wildman–Crippen LogP) is 6.96. The Morgan fingerprint density at radius 3 is 2.35 bits per heavy atom. The van der Waals surface area contributed by atoms with Crippen LogP contribution in [0.2, 0.25) is 10.0 Å². The molecule has 0 aromatic heterocycles. The van der Waals surface area contributed by atoms with Gasteiger partial charge in [0.2, 0.25) is 0 Å². The molecule has 34 heavy (non-hydrogen) atoms. The number of carbonyl (C=O) groups is 1. The van der Waals surface area contributed by atoms with Crippen LogP contribution in [0.1, 0.15) is 28.4 Å². The fourth-order valence-corrected chi connectivity index (χ4v) is 5.24. The van der Waals surface area contributed by atoms with Gasteiger partial charge in [0.15, 0.2) is 0 Å². The molecule has 0 aliphatic carbocycles. The maximum atomic E-state index is 13.3. The molecule has 1 aliphatic rings. The van der Waals surface area contributed by atoms with Crippen molar-refractivity contribution in [1.29, 1.82) is 0 Å². The molecule has 0 bridgehead atoms. The smallest absolute Gasteiger partial charge is 0.253 e. The summed E-state index contributed by atoms with van der Waals surface area (Å²) in [5, 5.41) is 1.45. The van der Waals surface area contributed by atoms with Gasteiger partial charge in [-0.3, -0.25) is 4.79 Å². The lowest BCUT2D eigenvalue weighted by Gasteiger charge is -2.37. The summed E-state index contributed by atoms with van der Waals surface area (Å²) in [7, 11) is 0. The second-order valence-corrected chi connectivity index (χ2v) is 10.1. The van der Waals surface area contributed by atoms with Gasteiger partial charge in [-0.15, -0.1) is 11.8 Å². The number of halogens is 2. The topological polar surface area (TPSA) is 32.8 Å². The molecular formula is C27H28Cl2N2O2S. The second kappa shape index (κ2) is 11.4. The highest BCUT2D eigenvalue weighted by Crippen LogP contribution is 2.31. The number of thioether (sulfide) groups is 1. The molecule has 0 N–H and O–H groups in total. The minimum atomic E-state index is 0.0586. The molecule has 0 spiro atoms. The van der Waals surface area contributed by atoms with Crippen molar-refractivity contribution in [3.63, 3.8) is 0 Å². The highest BCUT2D eigenvalue weighted by Gasteiger charge is 2.24. The summed E-state index contributed by atoms with van der Waals surface area (Å²) in [6, 6.07) is 19.5. The van der Waals surface area contributed by atoms with Gasteiger partial charge in [0.1, 0.15) is 5.75 Å².